The van der Waals surface area contributed by atoms with Gasteiger partial charge in [-0.3, -0.25) is 9.59 Å². The fourth-order valence-corrected chi connectivity index (χ4v) is 4.22. The summed E-state index contributed by atoms with van der Waals surface area (Å²) in [5.74, 6) is 0.788. The van der Waals surface area contributed by atoms with Crippen LogP contribution in [0.2, 0.25) is 5.02 Å². The molecule has 168 valence electrons. The second kappa shape index (κ2) is 8.87. The van der Waals surface area contributed by atoms with Gasteiger partial charge in [0.2, 0.25) is 5.91 Å². The number of benzene rings is 1. The van der Waals surface area contributed by atoms with Crippen LogP contribution in [0.4, 0.5) is 0 Å². The molecule has 0 saturated heterocycles. The van der Waals surface area contributed by atoms with E-state index in [1.54, 1.807) is 29.4 Å². The Bertz CT molecular complexity index is 1100. The van der Waals surface area contributed by atoms with Crippen molar-refractivity contribution in [3.63, 3.8) is 0 Å². The molecule has 1 aromatic carbocycles. The van der Waals surface area contributed by atoms with E-state index in [4.69, 9.17) is 16.0 Å². The van der Waals surface area contributed by atoms with Crippen LogP contribution in [0, 0.1) is 5.92 Å². The van der Waals surface area contributed by atoms with Crippen molar-refractivity contribution in [2.45, 2.75) is 45.8 Å². The smallest absolute Gasteiger partial charge is 0.271 e. The number of nitrogens with one attached hydrogen (secondary N) is 1. The lowest BCUT2D eigenvalue weighted by Crippen LogP contribution is -2.63. The zero-order valence-electron chi connectivity index (χ0n) is 18.6. The summed E-state index contributed by atoms with van der Waals surface area (Å²) in [6.07, 6.45) is 2.48. The number of aromatic nitrogens is 1. The average molecular weight is 454 g/mol. The minimum atomic E-state index is -1.07. The summed E-state index contributed by atoms with van der Waals surface area (Å²) in [6, 6.07) is 14.7. The van der Waals surface area contributed by atoms with Gasteiger partial charge >= 0.3 is 0 Å². The summed E-state index contributed by atoms with van der Waals surface area (Å²) in [5, 5.41) is 3.69. The molecule has 0 bridgehead atoms. The number of furan rings is 1. The van der Waals surface area contributed by atoms with Crippen molar-refractivity contribution in [1.29, 1.82) is 0 Å². The number of carbonyl (C=O) groups is 2. The van der Waals surface area contributed by atoms with Crippen molar-refractivity contribution in [2.24, 2.45) is 5.92 Å². The highest BCUT2D eigenvalue weighted by Gasteiger charge is 2.47. The predicted octanol–water partition coefficient (Wildman–Crippen LogP) is 4.98. The van der Waals surface area contributed by atoms with Crippen LogP contribution >= 0.6 is 11.6 Å². The number of hydrogen-bond donors (Lipinski definition) is 1. The zero-order valence-corrected chi connectivity index (χ0v) is 19.4. The van der Waals surface area contributed by atoms with Crippen molar-refractivity contribution >= 4 is 23.4 Å². The normalized spacial score (nSPS) is 18.2. The van der Waals surface area contributed by atoms with E-state index in [2.05, 4.69) is 19.2 Å². The molecule has 0 unspecified atom stereocenters. The Hall–Kier alpha value is -2.99. The molecule has 3 heterocycles. The molecule has 4 rings (SSSR count). The number of nitrogens with zero attached hydrogens (tertiary/aromatic N) is 2. The SMILES string of the molecule is CC(C)CCNC(=O)[C@]1(C)Cn2c(ccc2-c2ccco2)C(=O)N1Cc1ccc(Cl)cc1. The van der Waals surface area contributed by atoms with E-state index in [-0.39, 0.29) is 11.8 Å². The van der Waals surface area contributed by atoms with Gasteiger partial charge in [-0.05, 0) is 61.2 Å². The molecule has 7 heteroatoms. The standard InChI is InChI=1S/C25H28ClN3O3/c1-17(2)12-13-27-24(31)25(3)16-28-20(22-5-4-14-32-22)10-11-21(28)23(30)29(25)15-18-6-8-19(26)9-7-18/h4-11,14,17H,12-13,15-16H2,1-3H3,(H,27,31)/t25-/m0/s1. The Morgan fingerprint density at radius 2 is 1.88 bits per heavy atom. The molecule has 2 amide bonds. The van der Waals surface area contributed by atoms with Gasteiger partial charge < -0.3 is 19.2 Å². The molecule has 0 radical (unpaired) electrons. The minimum Gasteiger partial charge on any atom is -0.463 e. The first-order valence-corrected chi connectivity index (χ1v) is 11.3. The summed E-state index contributed by atoms with van der Waals surface area (Å²) in [7, 11) is 0. The highest BCUT2D eigenvalue weighted by molar-refractivity contribution is 6.30. The summed E-state index contributed by atoms with van der Waals surface area (Å²) in [6.45, 7) is 7.28. The summed E-state index contributed by atoms with van der Waals surface area (Å²) in [5.41, 5.74) is 1.17. The molecule has 2 aromatic heterocycles. The molecule has 1 atom stereocenters. The molecule has 0 spiro atoms. The molecule has 1 N–H and O–H groups in total. The highest BCUT2D eigenvalue weighted by atomic mass is 35.5. The van der Waals surface area contributed by atoms with E-state index in [0.717, 1.165) is 17.7 Å². The van der Waals surface area contributed by atoms with Crippen molar-refractivity contribution < 1.29 is 14.0 Å². The van der Waals surface area contributed by atoms with E-state index < -0.39 is 5.54 Å². The fourth-order valence-electron chi connectivity index (χ4n) is 4.10. The van der Waals surface area contributed by atoms with Gasteiger partial charge in [-0.25, -0.2) is 0 Å². The van der Waals surface area contributed by atoms with Crippen molar-refractivity contribution in [1.82, 2.24) is 14.8 Å². The van der Waals surface area contributed by atoms with Crippen LogP contribution in [0.25, 0.3) is 11.5 Å². The van der Waals surface area contributed by atoms with Gasteiger partial charge in [0.1, 0.15) is 17.0 Å². The van der Waals surface area contributed by atoms with Gasteiger partial charge in [0.05, 0.1) is 18.5 Å². The maximum absolute atomic E-state index is 13.6. The molecule has 0 saturated carbocycles. The first-order chi connectivity index (χ1) is 15.3. The third-order valence-corrected chi connectivity index (χ3v) is 6.28. The number of hydrogen-bond acceptors (Lipinski definition) is 3. The first kappa shape index (κ1) is 22.2. The van der Waals surface area contributed by atoms with E-state index in [1.165, 1.54) is 0 Å². The average Bonchev–Trinajstić information content (AvgIpc) is 3.41. The van der Waals surface area contributed by atoms with Crippen LogP contribution in [0.5, 0.6) is 0 Å². The van der Waals surface area contributed by atoms with Crippen LogP contribution in [-0.4, -0.2) is 33.4 Å². The van der Waals surface area contributed by atoms with Gasteiger partial charge in [0, 0.05) is 18.1 Å². The monoisotopic (exact) mass is 453 g/mol. The van der Waals surface area contributed by atoms with Crippen molar-refractivity contribution in [3.05, 3.63) is 71.1 Å². The van der Waals surface area contributed by atoms with Crippen LogP contribution in [0.1, 0.15) is 43.2 Å². The molecule has 6 nitrogen and oxygen atoms in total. The number of halogens is 1. The van der Waals surface area contributed by atoms with Crippen LogP contribution in [0.3, 0.4) is 0 Å². The third kappa shape index (κ3) is 4.19. The van der Waals surface area contributed by atoms with Crippen molar-refractivity contribution in [3.8, 4) is 11.5 Å². The molecular formula is C25H28ClN3O3. The van der Waals surface area contributed by atoms with Gasteiger partial charge in [0.15, 0.2) is 0 Å². The maximum atomic E-state index is 13.6. The summed E-state index contributed by atoms with van der Waals surface area (Å²) in [4.78, 5) is 28.8. The molecule has 0 fully saturated rings. The number of rotatable bonds is 7. The highest BCUT2D eigenvalue weighted by Crippen LogP contribution is 2.34. The summed E-state index contributed by atoms with van der Waals surface area (Å²) < 4.78 is 7.46. The lowest BCUT2D eigenvalue weighted by atomic mass is 9.93. The largest absolute Gasteiger partial charge is 0.463 e. The molecule has 1 aliphatic rings. The van der Waals surface area contributed by atoms with Crippen LogP contribution < -0.4 is 5.32 Å². The van der Waals surface area contributed by atoms with Gasteiger partial charge in [-0.15, -0.1) is 0 Å². The third-order valence-electron chi connectivity index (χ3n) is 6.03. The quantitative estimate of drug-likeness (QED) is 0.548. The van der Waals surface area contributed by atoms with Crippen molar-refractivity contribution in [2.75, 3.05) is 6.54 Å². The van der Waals surface area contributed by atoms with Crippen LogP contribution in [-0.2, 0) is 17.9 Å². The Morgan fingerprint density at radius 1 is 1.16 bits per heavy atom. The zero-order chi connectivity index (χ0) is 22.9. The predicted molar refractivity (Wildman–Crippen MR) is 124 cm³/mol. The van der Waals surface area contributed by atoms with Crippen LogP contribution in [0.15, 0.2) is 59.2 Å². The van der Waals surface area contributed by atoms with Gasteiger partial charge in [-0.1, -0.05) is 37.6 Å². The van der Waals surface area contributed by atoms with E-state index in [1.807, 2.05) is 41.8 Å². The second-order valence-electron chi connectivity index (χ2n) is 8.90. The number of amides is 2. The van der Waals surface area contributed by atoms with E-state index in [0.29, 0.717) is 42.0 Å². The molecule has 32 heavy (non-hydrogen) atoms. The Morgan fingerprint density at radius 3 is 2.53 bits per heavy atom. The topological polar surface area (TPSA) is 67.5 Å². The maximum Gasteiger partial charge on any atom is 0.271 e. The number of carbonyl (C=O) groups excluding carboxylic acids is 2. The lowest BCUT2D eigenvalue weighted by Gasteiger charge is -2.44. The first-order valence-electron chi connectivity index (χ1n) is 10.9. The minimum absolute atomic E-state index is 0.162. The van der Waals surface area contributed by atoms with Gasteiger partial charge in [-0.2, -0.15) is 0 Å². The summed E-state index contributed by atoms with van der Waals surface area (Å²) >= 11 is 6.03. The molecule has 3 aromatic rings. The molecule has 1 aliphatic heterocycles. The Labute approximate surface area is 193 Å². The fraction of sp³-hybridized carbons (Fsp3) is 0.360. The van der Waals surface area contributed by atoms with E-state index >= 15 is 0 Å². The second-order valence-corrected chi connectivity index (χ2v) is 9.33. The molecular weight excluding hydrogens is 426 g/mol. The lowest BCUT2D eigenvalue weighted by molar-refractivity contribution is -0.133. The van der Waals surface area contributed by atoms with E-state index in [9.17, 15) is 9.59 Å². The van der Waals surface area contributed by atoms with Gasteiger partial charge in [0.25, 0.3) is 5.91 Å². The molecule has 0 aliphatic carbocycles. The Balaban J connectivity index is 1.71. The Kier molecular flexibility index (Phi) is 6.15. The number of fused-ring (bicyclic) bond motifs is 1.